The van der Waals surface area contributed by atoms with Crippen LogP contribution in [0.4, 0.5) is 10.5 Å². The van der Waals surface area contributed by atoms with E-state index < -0.39 is 6.09 Å². The van der Waals surface area contributed by atoms with Gasteiger partial charge in [-0.25, -0.2) is 4.79 Å². The van der Waals surface area contributed by atoms with Crippen molar-refractivity contribution in [2.75, 3.05) is 50.7 Å². The number of hydrogen-bond acceptors (Lipinski definition) is 4. The van der Waals surface area contributed by atoms with E-state index in [2.05, 4.69) is 70.2 Å². The molecule has 3 aliphatic heterocycles. The molecule has 6 nitrogen and oxygen atoms in total. The third kappa shape index (κ3) is 5.17. The second kappa shape index (κ2) is 9.74. The third-order valence-corrected chi connectivity index (χ3v) is 7.63. The van der Waals surface area contributed by atoms with Crippen LogP contribution in [0.5, 0.6) is 0 Å². The molecule has 2 saturated heterocycles. The highest BCUT2D eigenvalue weighted by atomic mass is 16.4. The van der Waals surface area contributed by atoms with Gasteiger partial charge < -0.3 is 14.9 Å². The molecule has 0 saturated carbocycles. The zero-order valence-corrected chi connectivity index (χ0v) is 19.7. The van der Waals surface area contributed by atoms with Gasteiger partial charge in [0.15, 0.2) is 0 Å². The average molecular weight is 449 g/mol. The summed E-state index contributed by atoms with van der Waals surface area (Å²) in [5.41, 5.74) is 5.58. The molecule has 3 heterocycles. The number of fused-ring (bicyclic) bond motifs is 1. The van der Waals surface area contributed by atoms with Gasteiger partial charge in [-0.2, -0.15) is 0 Å². The first-order chi connectivity index (χ1) is 16.0. The van der Waals surface area contributed by atoms with Gasteiger partial charge in [0.25, 0.3) is 0 Å². The molecule has 1 amide bonds. The summed E-state index contributed by atoms with van der Waals surface area (Å²) in [6, 6.07) is 18.4. The van der Waals surface area contributed by atoms with Crippen LogP contribution in [-0.2, 0) is 19.5 Å². The lowest BCUT2D eigenvalue weighted by atomic mass is 9.91. The van der Waals surface area contributed by atoms with Crippen LogP contribution < -0.4 is 4.90 Å². The van der Waals surface area contributed by atoms with Gasteiger partial charge in [-0.1, -0.05) is 43.3 Å². The maximum Gasteiger partial charge on any atom is 0.407 e. The molecule has 2 fully saturated rings. The van der Waals surface area contributed by atoms with E-state index in [1.54, 1.807) is 0 Å². The van der Waals surface area contributed by atoms with Crippen molar-refractivity contribution in [1.29, 1.82) is 0 Å². The van der Waals surface area contributed by atoms with E-state index in [0.29, 0.717) is 19.1 Å². The Morgan fingerprint density at radius 3 is 2.52 bits per heavy atom. The topological polar surface area (TPSA) is 50.3 Å². The van der Waals surface area contributed by atoms with E-state index in [1.165, 1.54) is 40.2 Å². The Kier molecular flexibility index (Phi) is 6.56. The molecule has 0 unspecified atom stereocenters. The van der Waals surface area contributed by atoms with Gasteiger partial charge >= 0.3 is 6.09 Å². The minimum Gasteiger partial charge on any atom is -0.465 e. The first kappa shape index (κ1) is 22.2. The molecular formula is C27H36N4O2. The number of carbonyl (C=O) groups is 1. The van der Waals surface area contributed by atoms with Crippen molar-refractivity contribution in [1.82, 2.24) is 14.7 Å². The summed E-state index contributed by atoms with van der Waals surface area (Å²) >= 11 is 0. The molecule has 1 N–H and O–H groups in total. The molecule has 0 bridgehead atoms. The lowest BCUT2D eigenvalue weighted by Gasteiger charge is -2.44. The number of benzene rings is 2. The van der Waals surface area contributed by atoms with E-state index in [1.807, 2.05) is 0 Å². The van der Waals surface area contributed by atoms with Gasteiger partial charge in [0.1, 0.15) is 0 Å². The van der Waals surface area contributed by atoms with Crippen molar-refractivity contribution in [3.8, 4) is 0 Å². The number of piperidine rings is 1. The lowest BCUT2D eigenvalue weighted by Crippen LogP contribution is -2.51. The molecule has 2 atom stereocenters. The molecule has 0 aliphatic carbocycles. The van der Waals surface area contributed by atoms with Gasteiger partial charge in [0.2, 0.25) is 0 Å². The summed E-state index contributed by atoms with van der Waals surface area (Å²) in [6.45, 7) is 10.7. The second-order valence-corrected chi connectivity index (χ2v) is 10.1. The number of anilines is 1. The normalized spacial score (nSPS) is 24.5. The van der Waals surface area contributed by atoms with Gasteiger partial charge in [-0.15, -0.1) is 0 Å². The SMILES string of the molecule is C[C@@H]1C[C@H](N2CCc3cc(N4CCN(C(=O)O)CC4)ccc3C2)CN(Cc2ccccc2)C1. The molecule has 6 heteroatoms. The highest BCUT2D eigenvalue weighted by molar-refractivity contribution is 5.65. The Bertz CT molecular complexity index is 958. The van der Waals surface area contributed by atoms with Gasteiger partial charge in [0, 0.05) is 70.6 Å². The Morgan fingerprint density at radius 2 is 1.76 bits per heavy atom. The van der Waals surface area contributed by atoms with Crippen LogP contribution in [0.2, 0.25) is 0 Å². The second-order valence-electron chi connectivity index (χ2n) is 10.1. The number of carboxylic acid groups (broad SMARTS) is 1. The maximum absolute atomic E-state index is 11.2. The van der Waals surface area contributed by atoms with Crippen molar-refractivity contribution in [2.45, 2.75) is 38.9 Å². The monoisotopic (exact) mass is 448 g/mol. The molecule has 33 heavy (non-hydrogen) atoms. The minimum absolute atomic E-state index is 0.583. The third-order valence-electron chi connectivity index (χ3n) is 7.63. The lowest BCUT2D eigenvalue weighted by molar-refractivity contribution is 0.0589. The van der Waals surface area contributed by atoms with E-state index >= 15 is 0 Å². The largest absolute Gasteiger partial charge is 0.465 e. The van der Waals surface area contributed by atoms with Crippen molar-refractivity contribution in [3.63, 3.8) is 0 Å². The van der Waals surface area contributed by atoms with Gasteiger partial charge in [0.05, 0.1) is 0 Å². The predicted octanol–water partition coefficient (Wildman–Crippen LogP) is 3.76. The first-order valence-electron chi connectivity index (χ1n) is 12.4. The summed E-state index contributed by atoms with van der Waals surface area (Å²) in [5, 5.41) is 9.19. The molecule has 3 aliphatic rings. The first-order valence-corrected chi connectivity index (χ1v) is 12.4. The van der Waals surface area contributed by atoms with Crippen LogP contribution in [0, 0.1) is 5.92 Å². The Morgan fingerprint density at radius 1 is 0.970 bits per heavy atom. The predicted molar refractivity (Wildman–Crippen MR) is 132 cm³/mol. The van der Waals surface area contributed by atoms with Crippen molar-refractivity contribution < 1.29 is 9.90 Å². The van der Waals surface area contributed by atoms with Crippen molar-refractivity contribution >= 4 is 11.8 Å². The molecule has 2 aromatic rings. The summed E-state index contributed by atoms with van der Waals surface area (Å²) in [4.78, 5) is 20.4. The number of likely N-dealkylation sites (tertiary alicyclic amines) is 1. The fraction of sp³-hybridized carbons (Fsp3) is 0.519. The Balaban J connectivity index is 1.21. The number of amides is 1. The molecule has 0 radical (unpaired) electrons. The van der Waals surface area contributed by atoms with Crippen molar-refractivity contribution in [2.24, 2.45) is 5.92 Å². The molecule has 5 rings (SSSR count). The van der Waals surface area contributed by atoms with E-state index in [9.17, 15) is 9.90 Å². The van der Waals surface area contributed by atoms with Crippen LogP contribution in [0.25, 0.3) is 0 Å². The van der Waals surface area contributed by atoms with E-state index in [0.717, 1.165) is 51.6 Å². The van der Waals surface area contributed by atoms with Gasteiger partial charge in [-0.05, 0) is 47.6 Å². The summed E-state index contributed by atoms with van der Waals surface area (Å²) in [6.07, 6.45) is 1.58. The van der Waals surface area contributed by atoms with Crippen LogP contribution in [0.3, 0.4) is 0 Å². The van der Waals surface area contributed by atoms with Crippen molar-refractivity contribution in [3.05, 3.63) is 65.2 Å². The fourth-order valence-corrected chi connectivity index (χ4v) is 5.89. The van der Waals surface area contributed by atoms with Gasteiger partial charge in [-0.3, -0.25) is 9.80 Å². The zero-order chi connectivity index (χ0) is 22.8. The summed E-state index contributed by atoms with van der Waals surface area (Å²) in [5.74, 6) is 0.723. The minimum atomic E-state index is -0.806. The summed E-state index contributed by atoms with van der Waals surface area (Å²) in [7, 11) is 0. The summed E-state index contributed by atoms with van der Waals surface area (Å²) < 4.78 is 0. The fourth-order valence-electron chi connectivity index (χ4n) is 5.89. The van der Waals surface area contributed by atoms with Crippen LogP contribution in [-0.4, -0.2) is 77.8 Å². The van der Waals surface area contributed by atoms with E-state index in [4.69, 9.17) is 0 Å². The number of nitrogens with zero attached hydrogens (tertiary/aromatic N) is 4. The number of piperazine rings is 1. The standard InChI is InChI=1S/C27H36N4O2/c1-21-15-26(20-28(17-21)18-22-5-3-2-4-6-22)31-10-9-23-16-25(8-7-24(23)19-31)29-11-13-30(14-12-29)27(32)33/h2-8,16,21,26H,9-15,17-20H2,1H3,(H,32,33)/t21-,26+/m1/s1. The highest BCUT2D eigenvalue weighted by Crippen LogP contribution is 2.30. The molecule has 2 aromatic carbocycles. The molecular weight excluding hydrogens is 412 g/mol. The number of hydrogen-bond donors (Lipinski definition) is 1. The van der Waals surface area contributed by atoms with Crippen LogP contribution >= 0.6 is 0 Å². The van der Waals surface area contributed by atoms with E-state index in [-0.39, 0.29) is 0 Å². The molecule has 0 aromatic heterocycles. The number of rotatable bonds is 4. The highest BCUT2D eigenvalue weighted by Gasteiger charge is 2.31. The zero-order valence-electron chi connectivity index (χ0n) is 19.7. The maximum atomic E-state index is 11.2. The molecule has 176 valence electrons. The average Bonchev–Trinajstić information content (AvgIpc) is 2.84. The molecule has 0 spiro atoms. The van der Waals surface area contributed by atoms with Crippen LogP contribution in [0.1, 0.15) is 30.0 Å². The quantitative estimate of drug-likeness (QED) is 0.772. The Hall–Kier alpha value is -2.57. The Labute approximate surface area is 197 Å². The van der Waals surface area contributed by atoms with Crippen LogP contribution in [0.15, 0.2) is 48.5 Å². The smallest absolute Gasteiger partial charge is 0.407 e.